The number of nitrogens with one attached hydrogen (secondary N) is 1. The molecule has 0 fully saturated rings. The zero-order valence-corrected chi connectivity index (χ0v) is 8.78. The molecule has 1 aromatic heterocycles. The van der Waals surface area contributed by atoms with Crippen LogP contribution in [0.15, 0.2) is 22.6 Å². The van der Waals surface area contributed by atoms with Crippen LogP contribution in [0.3, 0.4) is 0 Å². The first-order chi connectivity index (χ1) is 8.19. The lowest BCUT2D eigenvalue weighted by molar-refractivity contribution is 0.504. The molecule has 1 heterocycles. The Morgan fingerprint density at radius 3 is 2.71 bits per heavy atom. The smallest absolute Gasteiger partial charge is 0.315 e. The zero-order valence-electron chi connectivity index (χ0n) is 8.78. The van der Waals surface area contributed by atoms with Crippen molar-refractivity contribution in [3.63, 3.8) is 0 Å². The third-order valence-corrected chi connectivity index (χ3v) is 2.07. The minimum Gasteiger partial charge on any atom is -0.407 e. The van der Waals surface area contributed by atoms with Gasteiger partial charge >= 0.3 is 6.01 Å². The molecule has 0 radical (unpaired) electrons. The fourth-order valence-electron chi connectivity index (χ4n) is 1.23. The Kier molecular flexibility index (Phi) is 3.29. The maximum Gasteiger partial charge on any atom is 0.315 e. The highest BCUT2D eigenvalue weighted by Crippen LogP contribution is 2.11. The molecule has 0 aliphatic carbocycles. The normalized spacial score (nSPS) is 10.5. The van der Waals surface area contributed by atoms with Crippen LogP contribution in [0.4, 0.5) is 14.8 Å². The summed E-state index contributed by atoms with van der Waals surface area (Å²) in [6, 6.07) is 3.81. The molecule has 2 rings (SSSR count). The number of nitrogens with two attached hydrogens (primary N) is 1. The molecule has 17 heavy (non-hydrogen) atoms. The van der Waals surface area contributed by atoms with Crippen molar-refractivity contribution < 1.29 is 13.2 Å². The van der Waals surface area contributed by atoms with Gasteiger partial charge in [-0.05, 0) is 17.7 Å². The second-order valence-corrected chi connectivity index (χ2v) is 3.31. The van der Waals surface area contributed by atoms with Crippen molar-refractivity contribution in [3.8, 4) is 0 Å². The van der Waals surface area contributed by atoms with Crippen LogP contribution in [-0.4, -0.2) is 10.2 Å². The van der Waals surface area contributed by atoms with Gasteiger partial charge in [-0.1, -0.05) is 11.2 Å². The average molecular weight is 240 g/mol. The van der Waals surface area contributed by atoms with E-state index in [1.807, 2.05) is 0 Å². The van der Waals surface area contributed by atoms with Gasteiger partial charge in [0.25, 0.3) is 0 Å². The van der Waals surface area contributed by atoms with Crippen LogP contribution in [-0.2, 0) is 13.1 Å². The largest absolute Gasteiger partial charge is 0.407 e. The van der Waals surface area contributed by atoms with Crippen molar-refractivity contribution in [1.29, 1.82) is 0 Å². The third-order valence-electron chi connectivity index (χ3n) is 2.07. The lowest BCUT2D eigenvalue weighted by Gasteiger charge is -2.02. The Labute approximate surface area is 95.6 Å². The van der Waals surface area contributed by atoms with Crippen molar-refractivity contribution >= 4 is 6.01 Å². The molecule has 1 aromatic carbocycles. The fourth-order valence-corrected chi connectivity index (χ4v) is 1.23. The summed E-state index contributed by atoms with van der Waals surface area (Å²) in [7, 11) is 0. The highest BCUT2D eigenvalue weighted by atomic mass is 19.2. The summed E-state index contributed by atoms with van der Waals surface area (Å²) in [6.45, 7) is 0.406. The second-order valence-electron chi connectivity index (χ2n) is 3.31. The lowest BCUT2D eigenvalue weighted by Crippen LogP contribution is -2.00. The SMILES string of the molecule is NCc1nnc(NCc2ccc(F)c(F)c2)o1. The van der Waals surface area contributed by atoms with E-state index in [4.69, 9.17) is 10.2 Å². The molecule has 5 nitrogen and oxygen atoms in total. The predicted molar refractivity (Wildman–Crippen MR) is 55.9 cm³/mol. The summed E-state index contributed by atoms with van der Waals surface area (Å²) in [6.07, 6.45) is 0. The van der Waals surface area contributed by atoms with Gasteiger partial charge in [0.15, 0.2) is 11.6 Å². The van der Waals surface area contributed by atoms with Crippen molar-refractivity contribution in [2.45, 2.75) is 13.1 Å². The number of hydrogen-bond donors (Lipinski definition) is 2. The monoisotopic (exact) mass is 240 g/mol. The predicted octanol–water partition coefficient (Wildman–Crippen LogP) is 1.42. The topological polar surface area (TPSA) is 77.0 Å². The highest BCUT2D eigenvalue weighted by Gasteiger charge is 2.05. The van der Waals surface area contributed by atoms with E-state index < -0.39 is 11.6 Å². The molecule has 0 saturated carbocycles. The van der Waals surface area contributed by atoms with Crippen LogP contribution in [0, 0.1) is 11.6 Å². The molecular weight excluding hydrogens is 230 g/mol. The molecule has 0 atom stereocenters. The standard InChI is InChI=1S/C10H10F2N4O/c11-7-2-1-6(3-8(7)12)5-14-10-16-15-9(4-13)17-10/h1-3H,4-5,13H2,(H,14,16). The summed E-state index contributed by atoms with van der Waals surface area (Å²) in [5.41, 5.74) is 5.86. The minimum atomic E-state index is -0.891. The van der Waals surface area contributed by atoms with Crippen LogP contribution in [0.1, 0.15) is 11.5 Å². The quantitative estimate of drug-likeness (QED) is 0.845. The number of aromatic nitrogens is 2. The molecule has 90 valence electrons. The summed E-state index contributed by atoms with van der Waals surface area (Å²) in [5.74, 6) is -1.47. The Morgan fingerprint density at radius 1 is 1.24 bits per heavy atom. The summed E-state index contributed by atoms with van der Waals surface area (Å²) >= 11 is 0. The van der Waals surface area contributed by atoms with E-state index in [-0.39, 0.29) is 19.1 Å². The molecular formula is C10H10F2N4O. The van der Waals surface area contributed by atoms with Gasteiger partial charge in [-0.2, -0.15) is 0 Å². The lowest BCUT2D eigenvalue weighted by atomic mass is 10.2. The van der Waals surface area contributed by atoms with Crippen molar-refractivity contribution in [3.05, 3.63) is 41.3 Å². The maximum atomic E-state index is 12.9. The minimum absolute atomic E-state index is 0.153. The Morgan fingerprint density at radius 2 is 2.06 bits per heavy atom. The number of anilines is 1. The Bertz CT molecular complexity index is 515. The van der Waals surface area contributed by atoms with Crippen LogP contribution in [0.25, 0.3) is 0 Å². The summed E-state index contributed by atoms with van der Waals surface area (Å²) < 4.78 is 30.6. The number of nitrogens with zero attached hydrogens (tertiary/aromatic N) is 2. The molecule has 2 aromatic rings. The summed E-state index contributed by atoms with van der Waals surface area (Å²) in [5, 5.41) is 10.1. The van der Waals surface area contributed by atoms with E-state index in [1.54, 1.807) is 0 Å². The number of hydrogen-bond acceptors (Lipinski definition) is 5. The molecule has 0 unspecified atom stereocenters. The van der Waals surface area contributed by atoms with Gasteiger partial charge < -0.3 is 15.5 Å². The zero-order chi connectivity index (χ0) is 12.3. The number of halogens is 2. The van der Waals surface area contributed by atoms with E-state index in [9.17, 15) is 8.78 Å². The van der Waals surface area contributed by atoms with E-state index >= 15 is 0 Å². The van der Waals surface area contributed by atoms with E-state index in [1.165, 1.54) is 6.07 Å². The Hall–Kier alpha value is -2.02. The average Bonchev–Trinajstić information content (AvgIpc) is 2.79. The first kappa shape index (κ1) is 11.5. The van der Waals surface area contributed by atoms with Crippen molar-refractivity contribution in [2.24, 2.45) is 5.73 Å². The third kappa shape index (κ3) is 2.76. The van der Waals surface area contributed by atoms with Gasteiger partial charge in [0.1, 0.15) is 0 Å². The number of benzene rings is 1. The molecule has 7 heteroatoms. The van der Waals surface area contributed by atoms with Gasteiger partial charge in [-0.25, -0.2) is 8.78 Å². The molecule has 0 spiro atoms. The fraction of sp³-hybridized carbons (Fsp3) is 0.200. The first-order valence-electron chi connectivity index (χ1n) is 4.89. The molecule has 0 aliphatic heterocycles. The van der Waals surface area contributed by atoms with E-state index in [2.05, 4.69) is 15.5 Å². The van der Waals surface area contributed by atoms with Crippen LogP contribution < -0.4 is 11.1 Å². The van der Waals surface area contributed by atoms with Crippen LogP contribution in [0.5, 0.6) is 0 Å². The van der Waals surface area contributed by atoms with Crippen LogP contribution in [0.2, 0.25) is 0 Å². The summed E-state index contributed by atoms with van der Waals surface area (Å²) in [4.78, 5) is 0. The van der Waals surface area contributed by atoms with Crippen molar-refractivity contribution in [2.75, 3.05) is 5.32 Å². The van der Waals surface area contributed by atoms with Gasteiger partial charge in [0.05, 0.1) is 6.54 Å². The first-order valence-corrected chi connectivity index (χ1v) is 4.89. The van der Waals surface area contributed by atoms with Crippen molar-refractivity contribution in [1.82, 2.24) is 10.2 Å². The Balaban J connectivity index is 1.99. The number of rotatable bonds is 4. The highest BCUT2D eigenvalue weighted by molar-refractivity contribution is 5.24. The molecule has 0 aliphatic rings. The van der Waals surface area contributed by atoms with Gasteiger partial charge in [0.2, 0.25) is 5.89 Å². The van der Waals surface area contributed by atoms with Crippen LogP contribution >= 0.6 is 0 Å². The maximum absolute atomic E-state index is 12.9. The molecule has 0 saturated heterocycles. The van der Waals surface area contributed by atoms with E-state index in [0.29, 0.717) is 11.5 Å². The van der Waals surface area contributed by atoms with Gasteiger partial charge in [-0.3, -0.25) is 0 Å². The van der Waals surface area contributed by atoms with E-state index in [0.717, 1.165) is 12.1 Å². The van der Waals surface area contributed by atoms with Gasteiger partial charge in [0, 0.05) is 6.54 Å². The molecule has 3 N–H and O–H groups in total. The van der Waals surface area contributed by atoms with Gasteiger partial charge in [-0.15, -0.1) is 5.10 Å². The molecule has 0 amide bonds. The molecule has 0 bridgehead atoms. The second kappa shape index (κ2) is 4.88.